The van der Waals surface area contributed by atoms with Gasteiger partial charge in [0.1, 0.15) is 12.1 Å². The summed E-state index contributed by atoms with van der Waals surface area (Å²) in [5.41, 5.74) is 4.98. The summed E-state index contributed by atoms with van der Waals surface area (Å²) in [6.45, 7) is 7.66. The zero-order valence-electron chi connectivity index (χ0n) is 41.7. The van der Waals surface area contributed by atoms with Crippen LogP contribution in [0.15, 0.2) is 146 Å². The molecule has 0 unspecified atom stereocenters. The quantitative estimate of drug-likeness (QED) is 0.0478. The second-order valence-electron chi connectivity index (χ2n) is 18.5. The van der Waals surface area contributed by atoms with Gasteiger partial charge in [0.2, 0.25) is 5.78 Å². The Bertz CT molecular complexity index is 3350. The van der Waals surface area contributed by atoms with Gasteiger partial charge in [0.15, 0.2) is 28.8 Å². The molecule has 1 saturated heterocycles. The Morgan fingerprint density at radius 3 is 1.23 bits per heavy atom. The fourth-order valence-electron chi connectivity index (χ4n) is 10.2. The van der Waals surface area contributed by atoms with Crippen molar-refractivity contribution in [1.29, 1.82) is 0 Å². The number of Topliss-reactive ketones (excluding diaryl/α,β-unsaturated/α-hetero) is 2. The molecule has 18 heteroatoms. The number of carboxylic acid groups (broad SMARTS) is 1. The average Bonchev–Trinajstić information content (AvgIpc) is 4.47. The van der Waals surface area contributed by atoms with E-state index in [2.05, 4.69) is 4.85 Å². The molecule has 5 aliphatic heterocycles. The topological polar surface area (TPSA) is 206 Å². The number of hydrogen-bond acceptors (Lipinski definition) is 13. The van der Waals surface area contributed by atoms with Gasteiger partial charge < -0.3 is 48.1 Å². The van der Waals surface area contributed by atoms with Crippen LogP contribution in [0.1, 0.15) is 79.8 Å². The molecule has 5 heterocycles. The minimum absolute atomic E-state index is 0.0266. The van der Waals surface area contributed by atoms with E-state index in [4.69, 9.17) is 40.1 Å². The van der Waals surface area contributed by atoms with Crippen molar-refractivity contribution < 1.29 is 67.1 Å². The van der Waals surface area contributed by atoms with Crippen LogP contribution in [-0.2, 0) is 58.1 Å². The number of benzene rings is 6. The second-order valence-corrected chi connectivity index (χ2v) is 20.7. The van der Waals surface area contributed by atoms with E-state index in [1.54, 1.807) is 24.3 Å². The fourth-order valence-corrected chi connectivity index (χ4v) is 12.4. The fraction of sp³-hybridized carbons (Fsp3) is 0.237. The Balaban J connectivity index is 0.000000176. The average molecular weight is 1060 g/mol. The number of rotatable bonds is 14. The minimum Gasteiger partial charge on any atom is -0.475 e. The molecule has 17 nitrogen and oxygen atoms in total. The summed E-state index contributed by atoms with van der Waals surface area (Å²) in [4.78, 5) is 94.5. The Morgan fingerprint density at radius 1 is 0.571 bits per heavy atom. The molecule has 390 valence electrons. The smallest absolute Gasteiger partial charge is 0.372 e. The van der Waals surface area contributed by atoms with Gasteiger partial charge in [-0.05, 0) is 59.7 Å². The van der Waals surface area contributed by atoms with Crippen molar-refractivity contribution >= 4 is 56.8 Å². The molecule has 0 aromatic heterocycles. The van der Waals surface area contributed by atoms with Crippen molar-refractivity contribution in [3.63, 3.8) is 0 Å². The number of ether oxygens (including phenoxy) is 6. The third-order valence-corrected chi connectivity index (χ3v) is 16.4. The number of methoxy groups -OCH3 is 2. The van der Waals surface area contributed by atoms with E-state index in [1.807, 2.05) is 121 Å². The first-order chi connectivity index (χ1) is 37.3. The molecule has 0 bridgehead atoms. The highest BCUT2D eigenvalue weighted by atomic mass is 32.2. The predicted molar refractivity (Wildman–Crippen MR) is 279 cm³/mol. The highest BCUT2D eigenvalue weighted by Crippen LogP contribution is 2.51. The molecule has 2 atom stereocenters. The van der Waals surface area contributed by atoms with Crippen molar-refractivity contribution in [1.82, 2.24) is 9.80 Å². The summed E-state index contributed by atoms with van der Waals surface area (Å²) in [5.74, 6) is -5.00. The standard InChI is InChI=1S/C32H28N2O6S.C27H21NO8/c1-33-29(41-15-9-10-16-41)26(35)19-25(31(37)38-2)34-20-21-17-27-28(18-24(21)30(34)36)40-32(39-27,22-11-5-3-6-12-22)23-13-7-4-8-14-23;1-34-26(33)20(14-21(29)25(31)32)28-15-16-12-22-23(13-19(16)24(28)30)36-27(35-22,17-8-4-2-5-9-17)18-10-6-3-7-11-18/h3-8,11-14,17-18,25H,9-10,15-16,19-20H2,2H3;2-13,20H,14-15H2,1H3,(H,31,32)/t25-;20-/m00/s1. The summed E-state index contributed by atoms with van der Waals surface area (Å²) in [6, 6.07) is 42.2. The van der Waals surface area contributed by atoms with Crippen LogP contribution in [0.3, 0.4) is 0 Å². The molecule has 6 aromatic carbocycles. The lowest BCUT2D eigenvalue weighted by atomic mass is 9.97. The van der Waals surface area contributed by atoms with Crippen molar-refractivity contribution in [2.45, 2.75) is 62.4 Å². The maximum absolute atomic E-state index is 13.7. The summed E-state index contributed by atoms with van der Waals surface area (Å²) in [5, 5.41) is 8.98. The Morgan fingerprint density at radius 2 is 0.909 bits per heavy atom. The van der Waals surface area contributed by atoms with Crippen LogP contribution in [-0.4, -0.2) is 99.0 Å². The number of carbonyl (C=O) groups is 7. The lowest BCUT2D eigenvalue weighted by Gasteiger charge is -2.28. The molecule has 2 amide bonds. The first kappa shape index (κ1) is 51.4. The van der Waals surface area contributed by atoms with Crippen LogP contribution in [0.4, 0.5) is 0 Å². The van der Waals surface area contributed by atoms with E-state index in [0.29, 0.717) is 39.7 Å². The van der Waals surface area contributed by atoms with Crippen molar-refractivity contribution in [2.75, 3.05) is 25.7 Å². The molecule has 1 N–H and O–H groups in total. The third kappa shape index (κ3) is 9.54. The van der Waals surface area contributed by atoms with Crippen molar-refractivity contribution in [3.8, 4) is 23.0 Å². The highest BCUT2D eigenvalue weighted by molar-refractivity contribution is 8.17. The number of fused-ring (bicyclic) bond motifs is 4. The second kappa shape index (κ2) is 21.3. The summed E-state index contributed by atoms with van der Waals surface area (Å²) in [6.07, 6.45) is 0.992. The number of esters is 2. The van der Waals surface area contributed by atoms with Crippen LogP contribution in [0.2, 0.25) is 0 Å². The van der Waals surface area contributed by atoms with Crippen LogP contribution < -0.4 is 18.9 Å². The number of carbonyl (C=O) groups excluding carboxylic acids is 6. The molecule has 77 heavy (non-hydrogen) atoms. The zero-order valence-corrected chi connectivity index (χ0v) is 42.5. The molecular formula is C59H49N3O14S. The van der Waals surface area contributed by atoms with Gasteiger partial charge >= 0.3 is 29.5 Å². The van der Waals surface area contributed by atoms with E-state index in [9.17, 15) is 33.6 Å². The molecule has 11 rings (SSSR count). The van der Waals surface area contributed by atoms with Crippen LogP contribution in [0.25, 0.3) is 4.85 Å². The normalized spacial score (nSPS) is 16.7. The third-order valence-electron chi connectivity index (χ3n) is 14.0. The van der Waals surface area contributed by atoms with Gasteiger partial charge in [-0.2, -0.15) is 10.5 Å². The lowest BCUT2D eigenvalue weighted by molar-refractivity contribution is -0.153. The van der Waals surface area contributed by atoms with E-state index < -0.39 is 81.9 Å². The number of carboxylic acids is 1. The summed E-state index contributed by atoms with van der Waals surface area (Å²) < 4.78 is 35.5. The highest BCUT2D eigenvalue weighted by Gasteiger charge is 2.50. The molecule has 0 spiro atoms. The van der Waals surface area contributed by atoms with E-state index in [1.165, 1.54) is 12.0 Å². The van der Waals surface area contributed by atoms with Gasteiger partial charge in [-0.25, -0.2) is 19.2 Å². The van der Waals surface area contributed by atoms with Gasteiger partial charge in [-0.15, -0.1) is 0 Å². The maximum Gasteiger partial charge on any atom is 0.372 e. The van der Waals surface area contributed by atoms with Crippen LogP contribution >= 0.6 is 10.5 Å². The Labute approximate surface area is 444 Å². The summed E-state index contributed by atoms with van der Waals surface area (Å²) in [7, 11) is 1.95. The first-order valence-corrected chi connectivity index (χ1v) is 26.2. The monoisotopic (exact) mass is 1060 g/mol. The molecule has 0 aliphatic carbocycles. The van der Waals surface area contributed by atoms with Gasteiger partial charge in [-0.1, -0.05) is 121 Å². The Kier molecular flexibility index (Phi) is 14.2. The number of aliphatic carboxylic acids is 1. The number of ketones is 2. The summed E-state index contributed by atoms with van der Waals surface area (Å²) >= 11 is 0. The SMILES string of the molecule is COC(=O)[C@H](CC(=O)C(=O)O)N1Cc2cc3c(cc2C1=O)OC(c1ccccc1)(c1ccccc1)O3.[C-]#[N+]C(C(=O)C[C@@H](C(=O)OC)N1Cc2cc3c(cc2C1=O)OC(c1ccccc1)(c1ccccc1)O3)=S1CCCC1. The maximum atomic E-state index is 13.7. The van der Waals surface area contributed by atoms with E-state index in [-0.39, 0.29) is 30.1 Å². The van der Waals surface area contributed by atoms with Gasteiger partial charge in [0, 0.05) is 59.3 Å². The van der Waals surface area contributed by atoms with Gasteiger partial charge in [-0.3, -0.25) is 14.4 Å². The molecule has 1 fully saturated rings. The zero-order chi connectivity index (χ0) is 54.0. The number of hydrogen-bond donors (Lipinski definition) is 1. The first-order valence-electron chi connectivity index (χ1n) is 24.6. The van der Waals surface area contributed by atoms with E-state index in [0.717, 1.165) is 58.6 Å². The van der Waals surface area contributed by atoms with Gasteiger partial charge in [0.25, 0.3) is 16.8 Å². The molecule has 0 radical (unpaired) electrons. The van der Waals surface area contributed by atoms with Crippen LogP contribution in [0, 0.1) is 6.57 Å². The van der Waals surface area contributed by atoms with E-state index >= 15 is 0 Å². The molecule has 5 aliphatic rings. The lowest BCUT2D eigenvalue weighted by Crippen LogP contribution is -2.44. The number of amides is 2. The largest absolute Gasteiger partial charge is 0.475 e. The molecule has 6 aromatic rings. The number of nitrogens with zero attached hydrogens (tertiary/aromatic N) is 3. The minimum atomic E-state index is -1.69. The predicted octanol–water partition coefficient (Wildman–Crippen LogP) is 7.83. The van der Waals surface area contributed by atoms with Crippen LogP contribution in [0.5, 0.6) is 23.0 Å². The van der Waals surface area contributed by atoms with Crippen molar-refractivity contribution in [2.24, 2.45) is 0 Å². The van der Waals surface area contributed by atoms with Gasteiger partial charge in [0.05, 0.1) is 20.8 Å². The Hall–Kier alpha value is -9.08. The van der Waals surface area contributed by atoms with Crippen molar-refractivity contribution in [3.05, 3.63) is 202 Å². The molecule has 0 saturated carbocycles. The molecular weight excluding hydrogens is 1010 g/mol.